The summed E-state index contributed by atoms with van der Waals surface area (Å²) in [7, 11) is 0. The largest absolute Gasteiger partial charge is 0.276 e. The van der Waals surface area contributed by atoms with Crippen molar-refractivity contribution in [1.29, 1.82) is 0 Å². The van der Waals surface area contributed by atoms with Crippen molar-refractivity contribution in [2.24, 2.45) is 0 Å². The second-order valence-electron chi connectivity index (χ2n) is 2.43. The van der Waals surface area contributed by atoms with E-state index in [1.54, 1.807) is 16.8 Å². The maximum Gasteiger partial charge on any atom is 0.234 e. The predicted molar refractivity (Wildman–Crippen MR) is 50.4 cm³/mol. The van der Waals surface area contributed by atoms with Gasteiger partial charge in [-0.2, -0.15) is 0 Å². The van der Waals surface area contributed by atoms with Crippen LogP contribution < -0.4 is 0 Å². The second-order valence-corrected chi connectivity index (χ2v) is 3.62. The van der Waals surface area contributed by atoms with Crippen LogP contribution in [0, 0.1) is 6.92 Å². The minimum Gasteiger partial charge on any atom is -0.276 e. The Hall–Kier alpha value is -0.610. The summed E-state index contributed by atoms with van der Waals surface area (Å²) in [6.45, 7) is 1.91. The fourth-order valence-electron chi connectivity index (χ4n) is 0.994. The molecule has 0 aromatic carbocycles. The van der Waals surface area contributed by atoms with Gasteiger partial charge in [0.05, 0.1) is 16.9 Å². The van der Waals surface area contributed by atoms with Gasteiger partial charge in [-0.1, -0.05) is 11.6 Å². The highest BCUT2D eigenvalue weighted by Crippen LogP contribution is 2.18. The van der Waals surface area contributed by atoms with Gasteiger partial charge in [0.25, 0.3) is 0 Å². The molecule has 2 rings (SSSR count). The third-order valence-electron chi connectivity index (χ3n) is 1.55. The summed E-state index contributed by atoms with van der Waals surface area (Å²) in [5.41, 5.74) is 0.907. The normalized spacial score (nSPS) is 10.9. The van der Waals surface area contributed by atoms with Crippen molar-refractivity contribution < 1.29 is 0 Å². The van der Waals surface area contributed by atoms with Crippen molar-refractivity contribution >= 4 is 33.3 Å². The van der Waals surface area contributed by atoms with Gasteiger partial charge in [-0.15, -0.1) is 0 Å². The molecule has 2 aromatic heterocycles. The Balaban J connectivity index is 2.88. The van der Waals surface area contributed by atoms with Gasteiger partial charge in [0.15, 0.2) is 0 Å². The van der Waals surface area contributed by atoms with Crippen LogP contribution in [0.1, 0.15) is 5.69 Å². The first-order chi connectivity index (χ1) is 5.68. The van der Waals surface area contributed by atoms with Crippen LogP contribution in [0.25, 0.3) is 5.78 Å². The Morgan fingerprint density at radius 1 is 1.58 bits per heavy atom. The lowest BCUT2D eigenvalue weighted by Crippen LogP contribution is -1.87. The zero-order valence-corrected chi connectivity index (χ0v) is 8.59. The molecule has 12 heavy (non-hydrogen) atoms. The van der Waals surface area contributed by atoms with Crippen molar-refractivity contribution in [3.8, 4) is 0 Å². The van der Waals surface area contributed by atoms with Crippen molar-refractivity contribution in [2.75, 3.05) is 0 Å². The van der Waals surface area contributed by atoms with Gasteiger partial charge in [0.2, 0.25) is 5.78 Å². The minimum absolute atomic E-state index is 0.598. The van der Waals surface area contributed by atoms with Crippen molar-refractivity contribution in [3.63, 3.8) is 0 Å². The zero-order chi connectivity index (χ0) is 8.72. The standard InChI is InChI=1S/C7H5BrClN3/c1-4-6(8)12-3-5(9)2-10-7(12)11-4/h2-3H,1H3. The molecule has 0 aliphatic rings. The number of rotatable bonds is 0. The number of fused-ring (bicyclic) bond motifs is 1. The monoisotopic (exact) mass is 245 g/mol. The summed E-state index contributed by atoms with van der Waals surface area (Å²) in [4.78, 5) is 8.25. The number of imidazole rings is 1. The first-order valence-corrected chi connectivity index (χ1v) is 4.51. The Labute approximate surface area is 82.5 Å². The lowest BCUT2D eigenvalue weighted by molar-refractivity contribution is 1.09. The van der Waals surface area contributed by atoms with E-state index in [0.717, 1.165) is 10.3 Å². The van der Waals surface area contributed by atoms with Crippen LogP contribution >= 0.6 is 27.5 Å². The molecule has 5 heteroatoms. The lowest BCUT2D eigenvalue weighted by atomic mass is 10.6. The molecule has 0 unspecified atom stereocenters. The van der Waals surface area contributed by atoms with E-state index in [2.05, 4.69) is 25.9 Å². The van der Waals surface area contributed by atoms with Gasteiger partial charge in [-0.25, -0.2) is 9.97 Å². The van der Waals surface area contributed by atoms with Crippen LogP contribution in [0.15, 0.2) is 17.0 Å². The average Bonchev–Trinajstić information content (AvgIpc) is 2.31. The number of aryl methyl sites for hydroxylation is 1. The highest BCUT2D eigenvalue weighted by atomic mass is 79.9. The molecule has 0 aliphatic carbocycles. The fourth-order valence-corrected chi connectivity index (χ4v) is 1.49. The molecule has 0 N–H and O–H groups in total. The van der Waals surface area contributed by atoms with E-state index in [1.807, 2.05) is 6.92 Å². The summed E-state index contributed by atoms with van der Waals surface area (Å²) in [5, 5.41) is 0.598. The Kier molecular flexibility index (Phi) is 1.81. The molecule has 0 fully saturated rings. The first-order valence-electron chi connectivity index (χ1n) is 3.34. The van der Waals surface area contributed by atoms with Crippen LogP contribution in [0.5, 0.6) is 0 Å². The molecule has 0 spiro atoms. The summed E-state index contributed by atoms with van der Waals surface area (Å²) >= 11 is 9.15. The fraction of sp³-hybridized carbons (Fsp3) is 0.143. The molecule has 0 atom stereocenters. The number of hydrogen-bond donors (Lipinski definition) is 0. The molecule has 62 valence electrons. The summed E-state index contributed by atoms with van der Waals surface area (Å²) in [5.74, 6) is 0.656. The van der Waals surface area contributed by atoms with Gasteiger partial charge in [-0.3, -0.25) is 4.40 Å². The van der Waals surface area contributed by atoms with Gasteiger partial charge in [-0.05, 0) is 22.9 Å². The Morgan fingerprint density at radius 2 is 2.33 bits per heavy atom. The Morgan fingerprint density at radius 3 is 3.08 bits per heavy atom. The molecule has 0 bridgehead atoms. The van der Waals surface area contributed by atoms with Crippen LogP contribution in [0.3, 0.4) is 0 Å². The van der Waals surface area contributed by atoms with Crippen LogP contribution in [-0.4, -0.2) is 14.4 Å². The first kappa shape index (κ1) is 8.01. The van der Waals surface area contributed by atoms with Gasteiger partial charge in [0, 0.05) is 6.20 Å². The SMILES string of the molecule is Cc1nc2ncc(Cl)cn2c1Br. The Bertz CT molecular complexity index is 437. The minimum atomic E-state index is 0.598. The molecule has 3 nitrogen and oxygen atoms in total. The number of halogens is 2. The lowest BCUT2D eigenvalue weighted by Gasteiger charge is -1.93. The van der Waals surface area contributed by atoms with Crippen molar-refractivity contribution in [2.45, 2.75) is 6.92 Å². The highest BCUT2D eigenvalue weighted by molar-refractivity contribution is 9.10. The summed E-state index contributed by atoms with van der Waals surface area (Å²) < 4.78 is 2.70. The smallest absolute Gasteiger partial charge is 0.234 e. The summed E-state index contributed by atoms with van der Waals surface area (Å²) in [6.07, 6.45) is 3.35. The van der Waals surface area contributed by atoms with E-state index in [9.17, 15) is 0 Å². The highest BCUT2D eigenvalue weighted by Gasteiger charge is 2.05. The van der Waals surface area contributed by atoms with E-state index >= 15 is 0 Å². The van der Waals surface area contributed by atoms with E-state index in [1.165, 1.54) is 0 Å². The van der Waals surface area contributed by atoms with Crippen LogP contribution in [0.2, 0.25) is 5.02 Å². The topological polar surface area (TPSA) is 30.2 Å². The van der Waals surface area contributed by atoms with E-state index in [0.29, 0.717) is 10.8 Å². The maximum absolute atomic E-state index is 5.77. The molecule has 0 amide bonds. The van der Waals surface area contributed by atoms with Crippen LogP contribution in [0.4, 0.5) is 0 Å². The van der Waals surface area contributed by atoms with Crippen molar-refractivity contribution in [1.82, 2.24) is 14.4 Å². The number of hydrogen-bond acceptors (Lipinski definition) is 2. The second kappa shape index (κ2) is 2.71. The average molecular weight is 246 g/mol. The molecular weight excluding hydrogens is 241 g/mol. The predicted octanol–water partition coefficient (Wildman–Crippen LogP) is 2.45. The number of nitrogens with zero attached hydrogens (tertiary/aromatic N) is 3. The van der Waals surface area contributed by atoms with E-state index in [4.69, 9.17) is 11.6 Å². The quantitative estimate of drug-likeness (QED) is 0.715. The van der Waals surface area contributed by atoms with Crippen molar-refractivity contribution in [3.05, 3.63) is 27.7 Å². The van der Waals surface area contributed by atoms with Gasteiger partial charge >= 0.3 is 0 Å². The molecule has 0 aliphatic heterocycles. The molecule has 0 saturated heterocycles. The summed E-state index contributed by atoms with van der Waals surface area (Å²) in [6, 6.07) is 0. The molecule has 0 saturated carbocycles. The molecule has 2 heterocycles. The van der Waals surface area contributed by atoms with E-state index in [-0.39, 0.29) is 0 Å². The molecular formula is C7H5BrClN3. The van der Waals surface area contributed by atoms with Gasteiger partial charge in [0.1, 0.15) is 4.60 Å². The van der Waals surface area contributed by atoms with Crippen LogP contribution in [-0.2, 0) is 0 Å². The molecule has 2 aromatic rings. The van der Waals surface area contributed by atoms with Gasteiger partial charge < -0.3 is 0 Å². The molecule has 0 radical (unpaired) electrons. The van der Waals surface area contributed by atoms with E-state index < -0.39 is 0 Å². The number of aromatic nitrogens is 3. The maximum atomic E-state index is 5.77. The third-order valence-corrected chi connectivity index (χ3v) is 2.70. The zero-order valence-electron chi connectivity index (χ0n) is 6.25. The third kappa shape index (κ3) is 1.11.